The smallest absolute Gasteiger partial charge is 0.251 e. The second kappa shape index (κ2) is 8.13. The molecule has 2 aliphatic carbocycles. The van der Waals surface area contributed by atoms with Gasteiger partial charge in [-0.25, -0.2) is 8.42 Å². The zero-order valence-corrected chi connectivity index (χ0v) is 19.7. The number of sulfonamides is 1. The van der Waals surface area contributed by atoms with Gasteiger partial charge in [-0.3, -0.25) is 4.79 Å². The first-order valence-corrected chi connectivity index (χ1v) is 12.0. The monoisotopic (exact) mass is 437 g/mol. The Morgan fingerprint density at radius 1 is 1.30 bits per heavy atom. The van der Waals surface area contributed by atoms with E-state index < -0.39 is 10.0 Å². The van der Waals surface area contributed by atoms with E-state index in [1.807, 2.05) is 0 Å². The quantitative estimate of drug-likeness (QED) is 0.653. The van der Waals surface area contributed by atoms with Crippen LogP contribution in [0.1, 0.15) is 50.4 Å². The SMILES string of the molecule is CNc1ccc(C(=O)NC2C(C)(C)[C@H]3CC[C@@]2(C)C3)cc1S(=O)(=O)N(C)CCOC. The van der Waals surface area contributed by atoms with Crippen molar-refractivity contribution in [2.24, 2.45) is 16.7 Å². The lowest BCUT2D eigenvalue weighted by molar-refractivity contribution is 0.0737. The summed E-state index contributed by atoms with van der Waals surface area (Å²) in [6.07, 6.45) is 3.46. The standard InChI is InChI=1S/C22H35N3O4S/c1-21(2)16-9-10-22(3,14-16)20(21)24-19(26)15-7-8-17(23-4)18(13-15)30(27,28)25(5)11-12-29-6/h7-8,13,16,20,23H,9-12,14H2,1-6H3,(H,24,26)/t16-,20?,22-/m0/s1. The van der Waals surface area contributed by atoms with Crippen LogP contribution in [-0.4, -0.2) is 59.0 Å². The number of anilines is 1. The van der Waals surface area contributed by atoms with Crippen molar-refractivity contribution in [1.29, 1.82) is 0 Å². The molecule has 3 rings (SSSR count). The highest BCUT2D eigenvalue weighted by molar-refractivity contribution is 7.89. The average molecular weight is 438 g/mol. The first-order chi connectivity index (χ1) is 14.0. The van der Waals surface area contributed by atoms with Crippen LogP contribution in [0.4, 0.5) is 5.69 Å². The Morgan fingerprint density at radius 3 is 2.57 bits per heavy atom. The molecule has 168 valence electrons. The molecule has 0 aromatic heterocycles. The Balaban J connectivity index is 1.89. The van der Waals surface area contributed by atoms with Crippen molar-refractivity contribution in [3.8, 4) is 0 Å². The zero-order valence-electron chi connectivity index (χ0n) is 18.9. The lowest BCUT2D eigenvalue weighted by Gasteiger charge is -2.43. The van der Waals surface area contributed by atoms with Crippen molar-refractivity contribution in [2.75, 3.05) is 39.7 Å². The van der Waals surface area contributed by atoms with Crippen LogP contribution in [0.5, 0.6) is 0 Å². The number of methoxy groups -OCH3 is 1. The van der Waals surface area contributed by atoms with Crippen LogP contribution in [0.15, 0.2) is 23.1 Å². The first-order valence-electron chi connectivity index (χ1n) is 10.6. The lowest BCUT2D eigenvalue weighted by Crippen LogP contribution is -2.52. The average Bonchev–Trinajstić information content (AvgIpc) is 3.19. The number of benzene rings is 1. The lowest BCUT2D eigenvalue weighted by atomic mass is 9.68. The molecule has 30 heavy (non-hydrogen) atoms. The summed E-state index contributed by atoms with van der Waals surface area (Å²) < 4.78 is 32.4. The van der Waals surface area contributed by atoms with Gasteiger partial charge in [0.2, 0.25) is 10.0 Å². The molecule has 8 heteroatoms. The minimum atomic E-state index is -3.77. The summed E-state index contributed by atoms with van der Waals surface area (Å²) in [5, 5.41) is 6.17. The molecule has 7 nitrogen and oxygen atoms in total. The summed E-state index contributed by atoms with van der Waals surface area (Å²) in [5.41, 5.74) is 0.949. The highest BCUT2D eigenvalue weighted by Gasteiger charge is 2.59. The predicted octanol–water partition coefficient (Wildman–Crippen LogP) is 2.94. The third kappa shape index (κ3) is 3.85. The summed E-state index contributed by atoms with van der Waals surface area (Å²) in [7, 11) is 0.942. The van der Waals surface area contributed by atoms with Crippen LogP contribution in [-0.2, 0) is 14.8 Å². The van der Waals surface area contributed by atoms with Gasteiger partial charge in [0.05, 0.1) is 12.3 Å². The summed E-state index contributed by atoms with van der Waals surface area (Å²) in [4.78, 5) is 13.3. The molecule has 2 N–H and O–H groups in total. The van der Waals surface area contributed by atoms with Gasteiger partial charge in [0, 0.05) is 39.4 Å². The molecule has 3 atom stereocenters. The van der Waals surface area contributed by atoms with Gasteiger partial charge in [0.1, 0.15) is 4.90 Å². The maximum absolute atomic E-state index is 13.2. The van der Waals surface area contributed by atoms with Gasteiger partial charge < -0.3 is 15.4 Å². The molecule has 1 aromatic rings. The predicted molar refractivity (Wildman–Crippen MR) is 118 cm³/mol. The number of carbonyl (C=O) groups excluding carboxylic acids is 1. The number of hydrogen-bond donors (Lipinski definition) is 2. The number of ether oxygens (including phenoxy) is 1. The van der Waals surface area contributed by atoms with Crippen LogP contribution >= 0.6 is 0 Å². The number of hydrogen-bond acceptors (Lipinski definition) is 5. The van der Waals surface area contributed by atoms with Gasteiger partial charge in [-0.15, -0.1) is 0 Å². The minimum Gasteiger partial charge on any atom is -0.387 e. The molecule has 0 radical (unpaired) electrons. The van der Waals surface area contributed by atoms with E-state index >= 15 is 0 Å². The van der Waals surface area contributed by atoms with E-state index in [-0.39, 0.29) is 34.2 Å². The largest absolute Gasteiger partial charge is 0.387 e. The molecule has 1 unspecified atom stereocenters. The Kier molecular flexibility index (Phi) is 6.24. The minimum absolute atomic E-state index is 0.0306. The molecule has 0 saturated heterocycles. The fourth-order valence-electron chi connectivity index (χ4n) is 5.47. The van der Waals surface area contributed by atoms with E-state index in [1.165, 1.54) is 30.9 Å². The number of likely N-dealkylation sites (N-methyl/N-ethyl adjacent to an activating group) is 1. The third-order valence-corrected chi connectivity index (χ3v) is 9.25. The molecule has 2 saturated carbocycles. The van der Waals surface area contributed by atoms with Gasteiger partial charge in [-0.05, 0) is 54.2 Å². The summed E-state index contributed by atoms with van der Waals surface area (Å²) in [6, 6.07) is 4.88. The molecule has 0 heterocycles. The number of rotatable bonds is 8. The number of amides is 1. The van der Waals surface area contributed by atoms with E-state index in [0.717, 1.165) is 12.8 Å². The summed E-state index contributed by atoms with van der Waals surface area (Å²) in [6.45, 7) is 7.25. The van der Waals surface area contributed by atoms with E-state index in [0.29, 0.717) is 23.8 Å². The second-order valence-corrected chi connectivity index (χ2v) is 11.6. The highest BCUT2D eigenvalue weighted by Crippen LogP contribution is 2.62. The Hall–Kier alpha value is -1.64. The molecule has 1 amide bonds. The molecule has 1 aromatic carbocycles. The van der Waals surface area contributed by atoms with Gasteiger partial charge in [0.25, 0.3) is 5.91 Å². The van der Waals surface area contributed by atoms with Gasteiger partial charge in [-0.1, -0.05) is 20.8 Å². The normalized spacial score (nSPS) is 27.4. The molecule has 2 aliphatic rings. The molecular weight excluding hydrogens is 402 g/mol. The van der Waals surface area contributed by atoms with Gasteiger partial charge >= 0.3 is 0 Å². The van der Waals surface area contributed by atoms with Crippen molar-refractivity contribution in [3.05, 3.63) is 23.8 Å². The van der Waals surface area contributed by atoms with Crippen molar-refractivity contribution in [3.63, 3.8) is 0 Å². The van der Waals surface area contributed by atoms with Crippen molar-refractivity contribution < 1.29 is 17.9 Å². The number of nitrogens with one attached hydrogen (secondary N) is 2. The Bertz CT molecular complexity index is 910. The molecule has 0 spiro atoms. The third-order valence-electron chi connectivity index (χ3n) is 7.36. The highest BCUT2D eigenvalue weighted by atomic mass is 32.2. The van der Waals surface area contributed by atoms with Crippen LogP contribution in [0.3, 0.4) is 0 Å². The molecule has 0 aliphatic heterocycles. The maximum atomic E-state index is 13.2. The van der Waals surface area contributed by atoms with E-state index in [4.69, 9.17) is 4.74 Å². The first kappa shape index (κ1) is 23.0. The van der Waals surface area contributed by atoms with Crippen LogP contribution < -0.4 is 10.6 Å². The zero-order chi connectivity index (χ0) is 22.3. The number of nitrogens with zero attached hydrogens (tertiary/aromatic N) is 1. The number of fused-ring (bicyclic) bond motifs is 2. The summed E-state index contributed by atoms with van der Waals surface area (Å²) >= 11 is 0. The van der Waals surface area contributed by atoms with Crippen LogP contribution in [0.25, 0.3) is 0 Å². The second-order valence-electron chi connectivity index (χ2n) is 9.60. The topological polar surface area (TPSA) is 87.7 Å². The van der Waals surface area contributed by atoms with Crippen molar-refractivity contribution in [2.45, 2.75) is 51.0 Å². The fraction of sp³-hybridized carbons (Fsp3) is 0.682. The molecular formula is C22H35N3O4S. The van der Waals surface area contributed by atoms with Gasteiger partial charge in [0.15, 0.2) is 0 Å². The van der Waals surface area contributed by atoms with Crippen LogP contribution in [0.2, 0.25) is 0 Å². The van der Waals surface area contributed by atoms with E-state index in [9.17, 15) is 13.2 Å². The van der Waals surface area contributed by atoms with E-state index in [1.54, 1.807) is 19.2 Å². The fourth-order valence-corrected chi connectivity index (χ4v) is 6.84. The summed E-state index contributed by atoms with van der Waals surface area (Å²) in [5.74, 6) is 0.394. The number of carbonyl (C=O) groups is 1. The van der Waals surface area contributed by atoms with Crippen molar-refractivity contribution >= 4 is 21.6 Å². The van der Waals surface area contributed by atoms with Gasteiger partial charge in [-0.2, -0.15) is 4.31 Å². The van der Waals surface area contributed by atoms with Crippen LogP contribution in [0, 0.1) is 16.7 Å². The van der Waals surface area contributed by atoms with Crippen molar-refractivity contribution in [1.82, 2.24) is 9.62 Å². The van der Waals surface area contributed by atoms with E-state index in [2.05, 4.69) is 31.4 Å². The Morgan fingerprint density at radius 2 is 2.00 bits per heavy atom. The maximum Gasteiger partial charge on any atom is 0.251 e. The molecule has 2 fully saturated rings. The Labute approximate surface area is 180 Å². The molecule has 2 bridgehead atoms.